The number of rotatable bonds is 3. The maximum Gasteiger partial charge on any atom is 0.241 e. The third-order valence-corrected chi connectivity index (χ3v) is 3.22. The van der Waals surface area contributed by atoms with Crippen LogP contribution in [0.5, 0.6) is 0 Å². The summed E-state index contributed by atoms with van der Waals surface area (Å²) in [5, 5.41) is 3.03. The molecule has 1 aromatic heterocycles. The quantitative estimate of drug-likeness (QED) is 0.843. The molecule has 0 aliphatic heterocycles. The molecule has 0 saturated carbocycles. The highest BCUT2D eigenvalue weighted by atomic mass is 79.9. The molecule has 0 bridgehead atoms. The minimum absolute atomic E-state index is 0.0868. The monoisotopic (exact) mass is 305 g/mol. The number of nitrogens with zero attached hydrogens (tertiary/aromatic N) is 1. The average Bonchev–Trinajstić information content (AvgIpc) is 2.22. The second-order valence-corrected chi connectivity index (χ2v) is 4.97. The van der Waals surface area contributed by atoms with Gasteiger partial charge in [0, 0.05) is 0 Å². The standard InChI is InChI=1S/C10H13BrClN3O/c1-5(2)8(13)10(16)15-6-3-7(11)9(12)14-4-6/h3-5,8H,13H2,1-2H3,(H,15,16). The molecule has 3 N–H and O–H groups in total. The number of anilines is 1. The van der Waals surface area contributed by atoms with Crippen LogP contribution in [0, 0.1) is 5.92 Å². The van der Waals surface area contributed by atoms with Crippen molar-refractivity contribution >= 4 is 39.1 Å². The summed E-state index contributed by atoms with van der Waals surface area (Å²) in [4.78, 5) is 15.5. The molecule has 1 atom stereocenters. The summed E-state index contributed by atoms with van der Waals surface area (Å²) < 4.78 is 0.630. The van der Waals surface area contributed by atoms with Crippen LogP contribution >= 0.6 is 27.5 Å². The number of carbonyl (C=O) groups excluding carboxylic acids is 1. The molecule has 0 aliphatic carbocycles. The highest BCUT2D eigenvalue weighted by Crippen LogP contribution is 2.22. The van der Waals surface area contributed by atoms with E-state index >= 15 is 0 Å². The number of nitrogens with one attached hydrogen (secondary N) is 1. The number of hydrogen-bond donors (Lipinski definition) is 2. The minimum atomic E-state index is -0.533. The van der Waals surface area contributed by atoms with Crippen molar-refractivity contribution in [3.63, 3.8) is 0 Å². The van der Waals surface area contributed by atoms with Crippen LogP contribution in [0.1, 0.15) is 13.8 Å². The number of pyridine rings is 1. The van der Waals surface area contributed by atoms with Crippen LogP contribution in [-0.2, 0) is 4.79 Å². The predicted molar refractivity (Wildman–Crippen MR) is 68.4 cm³/mol. The van der Waals surface area contributed by atoms with Crippen molar-refractivity contribution in [1.29, 1.82) is 0 Å². The van der Waals surface area contributed by atoms with Crippen molar-refractivity contribution in [2.75, 3.05) is 5.32 Å². The van der Waals surface area contributed by atoms with E-state index in [-0.39, 0.29) is 11.8 Å². The van der Waals surface area contributed by atoms with E-state index in [2.05, 4.69) is 26.2 Å². The van der Waals surface area contributed by atoms with Gasteiger partial charge < -0.3 is 11.1 Å². The molecular weight excluding hydrogens is 293 g/mol. The molecule has 88 valence electrons. The number of hydrogen-bond acceptors (Lipinski definition) is 3. The van der Waals surface area contributed by atoms with E-state index in [1.54, 1.807) is 6.07 Å². The zero-order valence-corrected chi connectivity index (χ0v) is 11.3. The first-order chi connectivity index (χ1) is 7.41. The van der Waals surface area contributed by atoms with Gasteiger partial charge in [0.25, 0.3) is 0 Å². The normalized spacial score (nSPS) is 12.6. The topological polar surface area (TPSA) is 68.0 Å². The molecule has 0 fully saturated rings. The molecule has 4 nitrogen and oxygen atoms in total. The third kappa shape index (κ3) is 3.43. The van der Waals surface area contributed by atoms with Crippen molar-refractivity contribution in [3.05, 3.63) is 21.9 Å². The molecule has 1 unspecified atom stereocenters. The fourth-order valence-electron chi connectivity index (χ4n) is 1.02. The summed E-state index contributed by atoms with van der Waals surface area (Å²) >= 11 is 8.96. The Morgan fingerprint density at radius 3 is 2.75 bits per heavy atom. The Labute approximate surface area is 108 Å². The second-order valence-electron chi connectivity index (χ2n) is 3.76. The first kappa shape index (κ1) is 13.4. The molecule has 1 heterocycles. The van der Waals surface area contributed by atoms with Crippen molar-refractivity contribution < 1.29 is 4.79 Å². The molecule has 0 spiro atoms. The van der Waals surface area contributed by atoms with E-state index in [1.165, 1.54) is 6.20 Å². The second kappa shape index (κ2) is 5.61. The van der Waals surface area contributed by atoms with Crippen LogP contribution in [-0.4, -0.2) is 16.9 Å². The van der Waals surface area contributed by atoms with Crippen LogP contribution < -0.4 is 11.1 Å². The molecule has 0 aliphatic rings. The Morgan fingerprint density at radius 1 is 1.62 bits per heavy atom. The van der Waals surface area contributed by atoms with Crippen LogP contribution in [0.25, 0.3) is 0 Å². The predicted octanol–water partition coefficient (Wildman–Crippen LogP) is 2.42. The van der Waals surface area contributed by atoms with E-state index in [4.69, 9.17) is 17.3 Å². The lowest BCUT2D eigenvalue weighted by molar-refractivity contribution is -0.118. The molecule has 0 aromatic carbocycles. The first-order valence-electron chi connectivity index (χ1n) is 4.79. The van der Waals surface area contributed by atoms with Gasteiger partial charge in [-0.15, -0.1) is 0 Å². The Bertz CT molecular complexity index is 398. The minimum Gasteiger partial charge on any atom is -0.323 e. The molecule has 1 rings (SSSR count). The number of nitrogens with two attached hydrogens (primary N) is 1. The molecule has 0 saturated heterocycles. The molecular formula is C10H13BrClN3O. The summed E-state index contributed by atoms with van der Waals surface area (Å²) in [5.41, 5.74) is 6.27. The van der Waals surface area contributed by atoms with Crippen LogP contribution in [0.2, 0.25) is 5.15 Å². The van der Waals surface area contributed by atoms with E-state index in [1.807, 2.05) is 13.8 Å². The summed E-state index contributed by atoms with van der Waals surface area (Å²) in [6, 6.07) is 1.15. The van der Waals surface area contributed by atoms with Gasteiger partial charge in [-0.05, 0) is 27.9 Å². The van der Waals surface area contributed by atoms with Crippen molar-refractivity contribution in [1.82, 2.24) is 4.98 Å². The number of amides is 1. The number of halogens is 2. The van der Waals surface area contributed by atoms with Gasteiger partial charge >= 0.3 is 0 Å². The molecule has 1 amide bonds. The lowest BCUT2D eigenvalue weighted by Crippen LogP contribution is -2.39. The summed E-state index contributed by atoms with van der Waals surface area (Å²) in [6.45, 7) is 3.78. The van der Waals surface area contributed by atoms with Crippen molar-refractivity contribution in [2.24, 2.45) is 11.7 Å². The molecule has 16 heavy (non-hydrogen) atoms. The Morgan fingerprint density at radius 2 is 2.25 bits per heavy atom. The fraction of sp³-hybridized carbons (Fsp3) is 0.400. The van der Waals surface area contributed by atoms with Gasteiger partial charge in [0.15, 0.2) is 0 Å². The lowest BCUT2D eigenvalue weighted by Gasteiger charge is -2.15. The van der Waals surface area contributed by atoms with Gasteiger partial charge in [-0.2, -0.15) is 0 Å². The smallest absolute Gasteiger partial charge is 0.241 e. The molecule has 0 radical (unpaired) electrons. The van der Waals surface area contributed by atoms with Gasteiger partial charge in [-0.3, -0.25) is 4.79 Å². The van der Waals surface area contributed by atoms with E-state index < -0.39 is 6.04 Å². The van der Waals surface area contributed by atoms with Crippen LogP contribution in [0.3, 0.4) is 0 Å². The summed E-state index contributed by atoms with van der Waals surface area (Å²) in [7, 11) is 0. The SMILES string of the molecule is CC(C)C(N)C(=O)Nc1cnc(Cl)c(Br)c1. The Balaban J connectivity index is 2.74. The first-order valence-corrected chi connectivity index (χ1v) is 5.96. The summed E-state index contributed by atoms with van der Waals surface area (Å²) in [6.07, 6.45) is 1.48. The summed E-state index contributed by atoms with van der Waals surface area (Å²) in [5.74, 6) is -0.144. The van der Waals surface area contributed by atoms with E-state index in [9.17, 15) is 4.79 Å². The fourth-order valence-corrected chi connectivity index (χ4v) is 1.47. The third-order valence-electron chi connectivity index (χ3n) is 2.08. The van der Waals surface area contributed by atoms with E-state index in [0.29, 0.717) is 15.3 Å². The number of aromatic nitrogens is 1. The van der Waals surface area contributed by atoms with Crippen LogP contribution in [0.15, 0.2) is 16.7 Å². The molecule has 1 aromatic rings. The van der Waals surface area contributed by atoms with Gasteiger partial charge in [0.05, 0.1) is 22.4 Å². The zero-order chi connectivity index (χ0) is 12.3. The van der Waals surface area contributed by atoms with Gasteiger partial charge in [0.2, 0.25) is 5.91 Å². The maximum atomic E-state index is 11.6. The van der Waals surface area contributed by atoms with Gasteiger partial charge in [-0.25, -0.2) is 4.98 Å². The van der Waals surface area contributed by atoms with Crippen molar-refractivity contribution in [3.8, 4) is 0 Å². The average molecular weight is 307 g/mol. The van der Waals surface area contributed by atoms with Gasteiger partial charge in [0.1, 0.15) is 5.15 Å². The van der Waals surface area contributed by atoms with Crippen LogP contribution in [0.4, 0.5) is 5.69 Å². The highest BCUT2D eigenvalue weighted by molar-refractivity contribution is 9.10. The molecule has 6 heteroatoms. The lowest BCUT2D eigenvalue weighted by atomic mass is 10.1. The number of carbonyl (C=O) groups is 1. The Hall–Kier alpha value is -0.650. The van der Waals surface area contributed by atoms with Gasteiger partial charge in [-0.1, -0.05) is 25.4 Å². The zero-order valence-electron chi connectivity index (χ0n) is 9.00. The largest absolute Gasteiger partial charge is 0.323 e. The maximum absolute atomic E-state index is 11.6. The van der Waals surface area contributed by atoms with Crippen molar-refractivity contribution in [2.45, 2.75) is 19.9 Å². The van der Waals surface area contributed by atoms with E-state index in [0.717, 1.165) is 0 Å². The Kier molecular flexibility index (Phi) is 4.70. The highest BCUT2D eigenvalue weighted by Gasteiger charge is 2.17.